The van der Waals surface area contributed by atoms with Gasteiger partial charge in [0.05, 0.1) is 13.1 Å². The van der Waals surface area contributed by atoms with Crippen molar-refractivity contribution in [2.75, 3.05) is 13.1 Å². The van der Waals surface area contributed by atoms with Crippen molar-refractivity contribution in [1.82, 2.24) is 25.4 Å². The van der Waals surface area contributed by atoms with Gasteiger partial charge in [0, 0.05) is 23.9 Å². The smallest absolute Gasteiger partial charge is 0.233 e. The summed E-state index contributed by atoms with van der Waals surface area (Å²) in [7, 11) is 0. The minimum absolute atomic E-state index is 0.0518. The van der Waals surface area contributed by atoms with E-state index in [9.17, 15) is 4.79 Å². The van der Waals surface area contributed by atoms with Crippen LogP contribution in [0.4, 0.5) is 0 Å². The molecule has 3 heterocycles. The van der Waals surface area contributed by atoms with Crippen LogP contribution in [0.5, 0.6) is 0 Å². The van der Waals surface area contributed by atoms with Gasteiger partial charge in [-0.25, -0.2) is 9.67 Å². The lowest BCUT2D eigenvalue weighted by molar-refractivity contribution is -0.120. The lowest BCUT2D eigenvalue weighted by Crippen LogP contribution is -2.43. The summed E-state index contributed by atoms with van der Waals surface area (Å²) in [6.45, 7) is 1.84. The topological polar surface area (TPSA) is 71.8 Å². The van der Waals surface area contributed by atoms with Gasteiger partial charge in [-0.3, -0.25) is 4.79 Å². The summed E-state index contributed by atoms with van der Waals surface area (Å²) >= 11 is 1.72. The third-order valence-corrected chi connectivity index (χ3v) is 4.57. The van der Waals surface area contributed by atoms with Crippen LogP contribution < -0.4 is 10.6 Å². The normalized spacial score (nSPS) is 17.4. The molecule has 7 heteroatoms. The summed E-state index contributed by atoms with van der Waals surface area (Å²) in [6.07, 6.45) is 4.41. The predicted molar refractivity (Wildman–Crippen MR) is 81.2 cm³/mol. The van der Waals surface area contributed by atoms with Crippen LogP contribution in [0.1, 0.15) is 17.1 Å². The summed E-state index contributed by atoms with van der Waals surface area (Å²) in [4.78, 5) is 17.3. The molecule has 6 nitrogen and oxygen atoms in total. The second-order valence-corrected chi connectivity index (χ2v) is 6.19. The second-order valence-electron chi connectivity index (χ2n) is 5.15. The average molecular weight is 305 g/mol. The molecule has 112 valence electrons. The molecule has 3 rings (SSSR count). The average Bonchev–Trinajstić information content (AvgIpc) is 3.15. The van der Waals surface area contributed by atoms with E-state index in [2.05, 4.69) is 32.2 Å². The van der Waals surface area contributed by atoms with Crippen molar-refractivity contribution in [2.24, 2.45) is 0 Å². The van der Waals surface area contributed by atoms with Gasteiger partial charge in [0.25, 0.3) is 0 Å². The molecule has 1 atom stereocenters. The molecule has 2 aromatic heterocycles. The van der Waals surface area contributed by atoms with Crippen molar-refractivity contribution in [3.63, 3.8) is 0 Å². The molecule has 0 aromatic carbocycles. The molecule has 0 radical (unpaired) electrons. The maximum absolute atomic E-state index is 11.8. The zero-order valence-electron chi connectivity index (χ0n) is 11.8. The van der Waals surface area contributed by atoms with Crippen molar-refractivity contribution in [3.05, 3.63) is 34.5 Å². The number of rotatable bonds is 6. The van der Waals surface area contributed by atoms with Gasteiger partial charge < -0.3 is 10.6 Å². The molecule has 0 unspecified atom stereocenters. The van der Waals surface area contributed by atoms with Gasteiger partial charge in [-0.05, 0) is 24.3 Å². The van der Waals surface area contributed by atoms with Gasteiger partial charge >= 0.3 is 0 Å². The van der Waals surface area contributed by atoms with Gasteiger partial charge in [0.15, 0.2) is 0 Å². The van der Waals surface area contributed by atoms with Gasteiger partial charge in [0.1, 0.15) is 12.2 Å². The van der Waals surface area contributed by atoms with E-state index >= 15 is 0 Å². The molecule has 0 aliphatic carbocycles. The van der Waals surface area contributed by atoms with Crippen LogP contribution in [-0.2, 0) is 24.2 Å². The van der Waals surface area contributed by atoms with E-state index < -0.39 is 0 Å². The summed E-state index contributed by atoms with van der Waals surface area (Å²) in [5, 5.41) is 12.5. The fourth-order valence-electron chi connectivity index (χ4n) is 2.48. The van der Waals surface area contributed by atoms with Gasteiger partial charge in [-0.2, -0.15) is 5.10 Å². The number of hydrogen-bond donors (Lipinski definition) is 2. The van der Waals surface area contributed by atoms with Crippen molar-refractivity contribution in [1.29, 1.82) is 0 Å². The number of carbonyl (C=O) groups is 1. The number of fused-ring (bicyclic) bond motifs is 1. The Balaban J connectivity index is 1.34. The third-order valence-electron chi connectivity index (χ3n) is 3.63. The number of hydrogen-bond acceptors (Lipinski definition) is 5. The van der Waals surface area contributed by atoms with Crippen LogP contribution in [0.15, 0.2) is 23.8 Å². The van der Waals surface area contributed by atoms with Crippen molar-refractivity contribution in [3.8, 4) is 0 Å². The third kappa shape index (κ3) is 3.89. The lowest BCUT2D eigenvalue weighted by Gasteiger charge is -2.23. The monoisotopic (exact) mass is 305 g/mol. The number of aryl methyl sites for hydroxylation is 1. The lowest BCUT2D eigenvalue weighted by atomic mass is 10.1. The first-order valence-corrected chi connectivity index (χ1v) is 8.08. The minimum Gasteiger partial charge on any atom is -0.355 e. The molecule has 21 heavy (non-hydrogen) atoms. The number of nitrogens with one attached hydrogen (secondary N) is 2. The predicted octanol–water partition coefficient (Wildman–Crippen LogP) is 0.603. The minimum atomic E-state index is 0.0518. The molecule has 0 saturated heterocycles. The molecule has 2 N–H and O–H groups in total. The summed E-state index contributed by atoms with van der Waals surface area (Å²) in [5.41, 5.74) is 0. The molecule has 1 amide bonds. The van der Waals surface area contributed by atoms with E-state index in [1.165, 1.54) is 4.88 Å². The van der Waals surface area contributed by atoms with Gasteiger partial charge in [0.2, 0.25) is 5.91 Å². The fourth-order valence-corrected chi connectivity index (χ4v) is 3.19. The van der Waals surface area contributed by atoms with Crippen LogP contribution >= 0.6 is 11.3 Å². The molecule has 0 spiro atoms. The molecule has 0 bridgehead atoms. The van der Waals surface area contributed by atoms with E-state index in [-0.39, 0.29) is 5.91 Å². The molecular formula is C14H19N5OS. The summed E-state index contributed by atoms with van der Waals surface area (Å²) in [6, 6.07) is 4.42. The maximum atomic E-state index is 11.8. The Morgan fingerprint density at radius 3 is 3.33 bits per heavy atom. The van der Waals surface area contributed by atoms with E-state index in [1.807, 2.05) is 10.7 Å². The van der Waals surface area contributed by atoms with Gasteiger partial charge in [-0.1, -0.05) is 6.07 Å². The van der Waals surface area contributed by atoms with E-state index in [0.29, 0.717) is 19.1 Å². The highest BCUT2D eigenvalue weighted by Gasteiger charge is 2.19. The largest absolute Gasteiger partial charge is 0.355 e. The highest BCUT2D eigenvalue weighted by atomic mass is 32.1. The fraction of sp³-hybridized carbons (Fsp3) is 0.500. The van der Waals surface area contributed by atoms with Crippen LogP contribution in [0.3, 0.4) is 0 Å². The first-order chi connectivity index (χ1) is 10.3. The molecule has 2 aromatic rings. The van der Waals surface area contributed by atoms with E-state index in [4.69, 9.17) is 0 Å². The zero-order valence-corrected chi connectivity index (χ0v) is 12.6. The second kappa shape index (κ2) is 6.82. The zero-order chi connectivity index (χ0) is 14.5. The Morgan fingerprint density at radius 1 is 1.52 bits per heavy atom. The summed E-state index contributed by atoms with van der Waals surface area (Å²) in [5.74, 6) is 1.09. The summed E-state index contributed by atoms with van der Waals surface area (Å²) < 4.78 is 1.91. The SMILES string of the molecule is O=C(CN[C@H]1CCc2ncnn2C1)NCCc1cccs1. The molecule has 0 saturated carbocycles. The number of nitrogens with zero attached hydrogens (tertiary/aromatic N) is 3. The number of aromatic nitrogens is 3. The highest BCUT2D eigenvalue weighted by Crippen LogP contribution is 2.11. The first-order valence-electron chi connectivity index (χ1n) is 7.20. The Hall–Kier alpha value is -1.73. The number of thiophene rings is 1. The maximum Gasteiger partial charge on any atom is 0.233 e. The molecule has 0 fully saturated rings. The highest BCUT2D eigenvalue weighted by molar-refractivity contribution is 7.09. The number of carbonyl (C=O) groups excluding carboxylic acids is 1. The van der Waals surface area contributed by atoms with Crippen LogP contribution in [0, 0.1) is 0 Å². The van der Waals surface area contributed by atoms with E-state index in [1.54, 1.807) is 17.7 Å². The van der Waals surface area contributed by atoms with Crippen LogP contribution in [-0.4, -0.2) is 39.8 Å². The van der Waals surface area contributed by atoms with Gasteiger partial charge in [-0.15, -0.1) is 11.3 Å². The Bertz CT molecular complexity index is 580. The van der Waals surface area contributed by atoms with E-state index in [0.717, 1.165) is 31.6 Å². The Morgan fingerprint density at radius 2 is 2.48 bits per heavy atom. The molecule has 1 aliphatic rings. The molecular weight excluding hydrogens is 286 g/mol. The Labute approximate surface area is 127 Å². The first kappa shape index (κ1) is 14.2. The van der Waals surface area contributed by atoms with Crippen molar-refractivity contribution in [2.45, 2.75) is 31.8 Å². The van der Waals surface area contributed by atoms with Crippen molar-refractivity contribution >= 4 is 17.2 Å². The van der Waals surface area contributed by atoms with Crippen LogP contribution in [0.2, 0.25) is 0 Å². The Kier molecular flexibility index (Phi) is 4.62. The number of amides is 1. The standard InChI is InChI=1S/C14H19N5OS/c20-14(15-6-5-12-2-1-7-21-12)8-16-11-3-4-13-17-10-18-19(13)9-11/h1-2,7,10-11,16H,3-6,8-9H2,(H,15,20)/t11-/m0/s1. The molecule has 1 aliphatic heterocycles. The van der Waals surface area contributed by atoms with Crippen molar-refractivity contribution < 1.29 is 4.79 Å². The van der Waals surface area contributed by atoms with Crippen LogP contribution in [0.25, 0.3) is 0 Å². The quantitative estimate of drug-likeness (QED) is 0.820.